The Morgan fingerprint density at radius 2 is 1.94 bits per heavy atom. The van der Waals surface area contributed by atoms with E-state index in [0.29, 0.717) is 36.7 Å². The molecule has 8 heteroatoms. The molecule has 2 atom stereocenters. The molecule has 3 N–H and O–H groups in total. The highest BCUT2D eigenvalue weighted by molar-refractivity contribution is 5.93. The van der Waals surface area contributed by atoms with Gasteiger partial charge in [-0.3, -0.25) is 4.79 Å². The van der Waals surface area contributed by atoms with Crippen molar-refractivity contribution in [2.45, 2.75) is 38.8 Å². The van der Waals surface area contributed by atoms with Gasteiger partial charge < -0.3 is 25.2 Å². The number of hydrogen-bond donors (Lipinski definition) is 3. The molecule has 4 rings (SSSR count). The number of aliphatic carboxylic acids is 1. The zero-order valence-corrected chi connectivity index (χ0v) is 18.0. The van der Waals surface area contributed by atoms with Gasteiger partial charge in [0, 0.05) is 23.6 Å². The SMILES string of the molecule is CC.COc1cc2ncnc(Nc3ccccc3)c2cc1OC1CCNC(C(=O)O)C1. The van der Waals surface area contributed by atoms with Gasteiger partial charge in [0.25, 0.3) is 0 Å². The molecule has 0 spiro atoms. The summed E-state index contributed by atoms with van der Waals surface area (Å²) in [6, 6.07) is 12.8. The summed E-state index contributed by atoms with van der Waals surface area (Å²) in [6.07, 6.45) is 2.37. The van der Waals surface area contributed by atoms with Crippen LogP contribution in [-0.4, -0.2) is 46.8 Å². The lowest BCUT2D eigenvalue weighted by Gasteiger charge is -2.29. The number of para-hydroxylation sites is 1. The molecule has 8 nitrogen and oxygen atoms in total. The summed E-state index contributed by atoms with van der Waals surface area (Å²) < 4.78 is 11.6. The third kappa shape index (κ3) is 5.40. The van der Waals surface area contributed by atoms with Crippen molar-refractivity contribution in [1.82, 2.24) is 15.3 Å². The van der Waals surface area contributed by atoms with Crippen molar-refractivity contribution in [3.05, 3.63) is 48.8 Å². The minimum absolute atomic E-state index is 0.223. The molecule has 3 aromatic rings. The Balaban J connectivity index is 0.00000132. The van der Waals surface area contributed by atoms with Crippen molar-refractivity contribution >= 4 is 28.4 Å². The predicted molar refractivity (Wildman–Crippen MR) is 120 cm³/mol. The lowest BCUT2D eigenvalue weighted by Crippen LogP contribution is -2.46. The molecule has 2 heterocycles. The van der Waals surface area contributed by atoms with E-state index in [-0.39, 0.29) is 6.10 Å². The topological polar surface area (TPSA) is 106 Å². The summed E-state index contributed by atoms with van der Waals surface area (Å²) in [5, 5.41) is 16.4. The van der Waals surface area contributed by atoms with Crippen molar-refractivity contribution in [2.24, 2.45) is 0 Å². The van der Waals surface area contributed by atoms with Crippen LogP contribution in [0.5, 0.6) is 11.5 Å². The fraction of sp³-hybridized carbons (Fsp3) is 0.348. The number of nitrogens with zero attached hydrogens (tertiary/aromatic N) is 2. The molecule has 1 aliphatic rings. The summed E-state index contributed by atoms with van der Waals surface area (Å²) >= 11 is 0. The van der Waals surface area contributed by atoms with Gasteiger partial charge in [-0.25, -0.2) is 9.97 Å². The van der Waals surface area contributed by atoms with Crippen LogP contribution in [0.15, 0.2) is 48.8 Å². The summed E-state index contributed by atoms with van der Waals surface area (Å²) in [5.74, 6) is 0.878. The van der Waals surface area contributed by atoms with E-state index in [0.717, 1.165) is 16.6 Å². The number of piperidine rings is 1. The lowest BCUT2D eigenvalue weighted by molar-refractivity contribution is -0.140. The summed E-state index contributed by atoms with van der Waals surface area (Å²) in [5.41, 5.74) is 1.63. The first kappa shape index (κ1) is 22.3. The zero-order chi connectivity index (χ0) is 22.2. The molecule has 0 bridgehead atoms. The molecule has 1 aliphatic heterocycles. The fourth-order valence-electron chi connectivity index (χ4n) is 3.43. The van der Waals surface area contributed by atoms with Crippen LogP contribution in [0.4, 0.5) is 11.5 Å². The maximum Gasteiger partial charge on any atom is 0.320 e. The molecule has 1 fully saturated rings. The number of benzene rings is 2. The number of fused-ring (bicyclic) bond motifs is 1. The predicted octanol–water partition coefficient (Wildman–Crippen LogP) is 3.99. The fourth-order valence-corrected chi connectivity index (χ4v) is 3.43. The number of carbonyl (C=O) groups is 1. The van der Waals surface area contributed by atoms with Gasteiger partial charge in [0.1, 0.15) is 24.3 Å². The van der Waals surface area contributed by atoms with Gasteiger partial charge in [-0.1, -0.05) is 32.0 Å². The average molecular weight is 425 g/mol. The molecular weight excluding hydrogens is 396 g/mol. The highest BCUT2D eigenvalue weighted by atomic mass is 16.5. The normalized spacial score (nSPS) is 17.9. The van der Waals surface area contributed by atoms with Crippen LogP contribution >= 0.6 is 0 Å². The second-order valence-electron chi connectivity index (χ2n) is 6.84. The van der Waals surface area contributed by atoms with Gasteiger partial charge in [0.05, 0.1) is 12.6 Å². The first-order chi connectivity index (χ1) is 15.1. The summed E-state index contributed by atoms with van der Waals surface area (Å²) in [4.78, 5) is 20.0. The van der Waals surface area contributed by atoms with Gasteiger partial charge >= 0.3 is 5.97 Å². The van der Waals surface area contributed by atoms with Crippen LogP contribution in [0, 0.1) is 0 Å². The van der Waals surface area contributed by atoms with Crippen molar-refractivity contribution < 1.29 is 19.4 Å². The van der Waals surface area contributed by atoms with E-state index in [9.17, 15) is 9.90 Å². The molecule has 0 aliphatic carbocycles. The van der Waals surface area contributed by atoms with Crippen LogP contribution < -0.4 is 20.1 Å². The Hall–Kier alpha value is -3.39. The van der Waals surface area contributed by atoms with E-state index in [4.69, 9.17) is 9.47 Å². The summed E-state index contributed by atoms with van der Waals surface area (Å²) in [7, 11) is 1.57. The minimum Gasteiger partial charge on any atom is -0.493 e. The first-order valence-electron chi connectivity index (χ1n) is 10.4. The largest absolute Gasteiger partial charge is 0.493 e. The Bertz CT molecular complexity index is 1010. The van der Waals surface area contributed by atoms with E-state index in [1.54, 1.807) is 13.2 Å². The maximum atomic E-state index is 11.3. The van der Waals surface area contributed by atoms with Crippen molar-refractivity contribution in [3.8, 4) is 11.5 Å². The third-order valence-corrected chi connectivity index (χ3v) is 4.90. The van der Waals surface area contributed by atoms with Crippen LogP contribution in [-0.2, 0) is 4.79 Å². The zero-order valence-electron chi connectivity index (χ0n) is 18.0. The van der Waals surface area contributed by atoms with E-state index in [1.807, 2.05) is 50.2 Å². The lowest BCUT2D eigenvalue weighted by atomic mass is 10.0. The number of anilines is 2. The Kier molecular flexibility index (Phi) is 7.61. The van der Waals surface area contributed by atoms with E-state index >= 15 is 0 Å². The number of methoxy groups -OCH3 is 1. The van der Waals surface area contributed by atoms with E-state index < -0.39 is 12.0 Å². The van der Waals surface area contributed by atoms with Gasteiger partial charge in [0.15, 0.2) is 11.5 Å². The van der Waals surface area contributed by atoms with Crippen LogP contribution in [0.2, 0.25) is 0 Å². The Labute approximate surface area is 181 Å². The highest BCUT2D eigenvalue weighted by Gasteiger charge is 2.28. The molecule has 2 unspecified atom stereocenters. The molecular formula is C23H28N4O4. The van der Waals surface area contributed by atoms with Crippen LogP contribution in [0.1, 0.15) is 26.7 Å². The number of carboxylic acid groups (broad SMARTS) is 1. The second-order valence-corrected chi connectivity index (χ2v) is 6.84. The monoisotopic (exact) mass is 424 g/mol. The van der Waals surface area contributed by atoms with Crippen molar-refractivity contribution in [3.63, 3.8) is 0 Å². The summed E-state index contributed by atoms with van der Waals surface area (Å²) in [6.45, 7) is 4.58. The Morgan fingerprint density at radius 1 is 1.16 bits per heavy atom. The van der Waals surface area contributed by atoms with Gasteiger partial charge in [-0.2, -0.15) is 0 Å². The number of nitrogens with one attached hydrogen (secondary N) is 2. The first-order valence-corrected chi connectivity index (χ1v) is 10.4. The maximum absolute atomic E-state index is 11.3. The average Bonchev–Trinajstić information content (AvgIpc) is 2.81. The number of rotatable bonds is 6. The molecule has 1 aromatic heterocycles. The number of carboxylic acids is 1. The second kappa shape index (κ2) is 10.6. The quantitative estimate of drug-likeness (QED) is 0.545. The standard InChI is InChI=1S/C21H22N4O4.C2H6/c1-28-18-11-16-15(20(24-12-23-16)25-13-5-3-2-4-6-13)10-19(18)29-14-7-8-22-17(9-14)21(26)27;1-2/h2-6,10-12,14,17,22H,7-9H2,1H3,(H,26,27)(H,23,24,25);1-2H3. The molecule has 0 amide bonds. The van der Waals surface area contributed by atoms with E-state index in [1.165, 1.54) is 6.33 Å². The number of aromatic nitrogens is 2. The molecule has 31 heavy (non-hydrogen) atoms. The molecule has 2 aromatic carbocycles. The van der Waals surface area contributed by atoms with Gasteiger partial charge in [0.2, 0.25) is 0 Å². The van der Waals surface area contributed by atoms with Gasteiger partial charge in [-0.15, -0.1) is 0 Å². The third-order valence-electron chi connectivity index (χ3n) is 4.90. The van der Waals surface area contributed by atoms with Crippen LogP contribution in [0.25, 0.3) is 10.9 Å². The van der Waals surface area contributed by atoms with Crippen LogP contribution in [0.3, 0.4) is 0 Å². The number of ether oxygens (including phenoxy) is 2. The number of hydrogen-bond acceptors (Lipinski definition) is 7. The van der Waals surface area contributed by atoms with Crippen molar-refractivity contribution in [1.29, 1.82) is 0 Å². The smallest absolute Gasteiger partial charge is 0.320 e. The van der Waals surface area contributed by atoms with E-state index in [2.05, 4.69) is 20.6 Å². The minimum atomic E-state index is -0.869. The highest BCUT2D eigenvalue weighted by Crippen LogP contribution is 2.36. The Morgan fingerprint density at radius 3 is 2.65 bits per heavy atom. The van der Waals surface area contributed by atoms with Gasteiger partial charge in [-0.05, 0) is 31.2 Å². The molecule has 1 saturated heterocycles. The molecule has 0 saturated carbocycles. The van der Waals surface area contributed by atoms with Crippen molar-refractivity contribution in [2.75, 3.05) is 19.0 Å². The molecule has 0 radical (unpaired) electrons. The molecule has 164 valence electrons.